The van der Waals surface area contributed by atoms with Crippen molar-refractivity contribution < 1.29 is 24.5 Å². The van der Waals surface area contributed by atoms with E-state index < -0.39 is 12.1 Å². The largest absolute Gasteiger partial charge is 0.466 e. The van der Waals surface area contributed by atoms with E-state index in [4.69, 9.17) is 4.74 Å². The van der Waals surface area contributed by atoms with E-state index in [0.717, 1.165) is 70.6 Å². The summed E-state index contributed by atoms with van der Waals surface area (Å²) in [6.07, 6.45) is 57.2. The SMILES string of the molecule is CCCC/C=C\CCCCCCCC(=O)OCCCCCCCC/C=C\CCCCCC(=O)NC(CO)C(O)CCCCCCCCCCCCCCCCCCCC. The van der Waals surface area contributed by atoms with Crippen LogP contribution in [0, 0.1) is 0 Å². The fourth-order valence-corrected chi connectivity index (χ4v) is 7.91. The van der Waals surface area contributed by atoms with E-state index in [2.05, 4.69) is 43.5 Å². The maximum absolute atomic E-state index is 12.5. The zero-order chi connectivity index (χ0) is 43.0. The monoisotopic (exact) mass is 832 g/mol. The van der Waals surface area contributed by atoms with Crippen molar-refractivity contribution in [3.63, 3.8) is 0 Å². The molecule has 2 atom stereocenters. The lowest BCUT2D eigenvalue weighted by Gasteiger charge is -2.22. The number of ether oxygens (including phenoxy) is 1. The van der Waals surface area contributed by atoms with Gasteiger partial charge in [0.05, 0.1) is 25.4 Å². The summed E-state index contributed by atoms with van der Waals surface area (Å²) in [4.78, 5) is 24.4. The molecule has 0 saturated heterocycles. The molecule has 0 radical (unpaired) electrons. The Labute approximate surface area is 367 Å². The van der Waals surface area contributed by atoms with Crippen LogP contribution in [0.25, 0.3) is 0 Å². The Hall–Kier alpha value is -1.66. The molecular formula is C53H101NO5. The molecule has 6 heteroatoms. The van der Waals surface area contributed by atoms with Crippen LogP contribution in [-0.4, -0.2) is 47.4 Å². The number of hydrogen-bond acceptors (Lipinski definition) is 5. The summed E-state index contributed by atoms with van der Waals surface area (Å²) in [5.74, 6) is -0.0877. The molecular weight excluding hydrogens is 731 g/mol. The first-order valence-electron chi connectivity index (χ1n) is 26.1. The zero-order valence-corrected chi connectivity index (χ0v) is 39.5. The minimum absolute atomic E-state index is 0.0236. The highest BCUT2D eigenvalue weighted by Gasteiger charge is 2.20. The van der Waals surface area contributed by atoms with E-state index in [1.54, 1.807) is 0 Å². The minimum Gasteiger partial charge on any atom is -0.466 e. The van der Waals surface area contributed by atoms with Crippen LogP contribution in [0.4, 0.5) is 0 Å². The standard InChI is InChI=1S/C53H101NO5/c1-3-5-7-9-11-13-15-16-17-18-19-20-22-26-29-33-37-41-45-51(56)50(49-55)54-52(57)46-42-38-34-30-27-23-21-24-28-32-36-40-44-48-59-53(58)47-43-39-35-31-25-14-12-10-8-6-4-2/h10,12,23,27,50-51,55-56H,3-9,11,13-22,24-26,28-49H2,1-2H3,(H,54,57)/b12-10-,27-23-. The molecule has 2 unspecified atom stereocenters. The smallest absolute Gasteiger partial charge is 0.305 e. The van der Waals surface area contributed by atoms with Gasteiger partial charge in [0.15, 0.2) is 0 Å². The molecule has 0 aromatic carbocycles. The van der Waals surface area contributed by atoms with Crippen molar-refractivity contribution in [2.45, 2.75) is 289 Å². The molecule has 59 heavy (non-hydrogen) atoms. The third-order valence-electron chi connectivity index (χ3n) is 12.0. The van der Waals surface area contributed by atoms with Gasteiger partial charge in [0.25, 0.3) is 0 Å². The van der Waals surface area contributed by atoms with Gasteiger partial charge >= 0.3 is 5.97 Å². The highest BCUT2D eigenvalue weighted by atomic mass is 16.5. The summed E-state index contributed by atoms with van der Waals surface area (Å²) < 4.78 is 5.43. The van der Waals surface area contributed by atoms with Crippen molar-refractivity contribution in [1.82, 2.24) is 5.32 Å². The van der Waals surface area contributed by atoms with Gasteiger partial charge in [-0.2, -0.15) is 0 Å². The predicted molar refractivity (Wildman–Crippen MR) is 255 cm³/mol. The van der Waals surface area contributed by atoms with Gasteiger partial charge in [-0.1, -0.05) is 218 Å². The summed E-state index contributed by atoms with van der Waals surface area (Å²) >= 11 is 0. The molecule has 0 aliphatic carbocycles. The second-order valence-electron chi connectivity index (χ2n) is 17.8. The zero-order valence-electron chi connectivity index (χ0n) is 39.5. The lowest BCUT2D eigenvalue weighted by atomic mass is 10.0. The average Bonchev–Trinajstić information content (AvgIpc) is 3.24. The molecule has 0 spiro atoms. The topological polar surface area (TPSA) is 95.9 Å². The number of nitrogens with one attached hydrogen (secondary N) is 1. The fourth-order valence-electron chi connectivity index (χ4n) is 7.91. The van der Waals surface area contributed by atoms with Gasteiger partial charge in [-0.05, 0) is 70.6 Å². The summed E-state index contributed by atoms with van der Waals surface area (Å²) in [7, 11) is 0. The number of unbranched alkanes of at least 4 members (excludes halogenated alkanes) is 33. The van der Waals surface area contributed by atoms with E-state index in [9.17, 15) is 19.8 Å². The number of aliphatic hydroxyl groups excluding tert-OH is 2. The molecule has 3 N–H and O–H groups in total. The molecule has 0 aliphatic heterocycles. The number of carbonyl (C=O) groups excluding carboxylic acids is 2. The van der Waals surface area contributed by atoms with E-state index in [1.807, 2.05) is 0 Å². The van der Waals surface area contributed by atoms with Gasteiger partial charge in [-0.3, -0.25) is 9.59 Å². The number of esters is 1. The molecule has 0 fully saturated rings. The van der Waals surface area contributed by atoms with Crippen LogP contribution in [0.5, 0.6) is 0 Å². The van der Waals surface area contributed by atoms with Crippen molar-refractivity contribution >= 4 is 11.9 Å². The number of carbonyl (C=O) groups is 2. The Kier molecular flexibility index (Phi) is 47.6. The van der Waals surface area contributed by atoms with Gasteiger partial charge in [0.1, 0.15) is 0 Å². The quantitative estimate of drug-likeness (QED) is 0.0322. The second kappa shape index (κ2) is 49.0. The molecule has 348 valence electrons. The fraction of sp³-hybridized carbons (Fsp3) is 0.887. The Morgan fingerprint density at radius 1 is 0.458 bits per heavy atom. The Balaban J connectivity index is 3.51. The first-order chi connectivity index (χ1) is 29.0. The van der Waals surface area contributed by atoms with Crippen LogP contribution in [0.1, 0.15) is 277 Å². The molecule has 0 aromatic rings. The lowest BCUT2D eigenvalue weighted by molar-refractivity contribution is -0.143. The van der Waals surface area contributed by atoms with Crippen LogP contribution in [0.2, 0.25) is 0 Å². The molecule has 0 aromatic heterocycles. The third kappa shape index (κ3) is 45.7. The maximum Gasteiger partial charge on any atom is 0.305 e. The van der Waals surface area contributed by atoms with Crippen LogP contribution < -0.4 is 5.32 Å². The van der Waals surface area contributed by atoms with E-state index in [0.29, 0.717) is 25.9 Å². The van der Waals surface area contributed by atoms with E-state index in [1.165, 1.54) is 173 Å². The maximum atomic E-state index is 12.5. The minimum atomic E-state index is -0.681. The highest BCUT2D eigenvalue weighted by Crippen LogP contribution is 2.16. The predicted octanol–water partition coefficient (Wildman–Crippen LogP) is 15.5. The summed E-state index contributed by atoms with van der Waals surface area (Å²) in [5, 5.41) is 23.2. The average molecular weight is 832 g/mol. The van der Waals surface area contributed by atoms with Crippen LogP contribution in [0.3, 0.4) is 0 Å². The molecule has 0 rings (SSSR count). The summed E-state index contributed by atoms with van der Waals surface area (Å²) in [6, 6.07) is -0.562. The molecule has 0 aliphatic rings. The Bertz CT molecular complexity index is 920. The normalized spacial score (nSPS) is 12.8. The Morgan fingerprint density at radius 3 is 1.27 bits per heavy atom. The number of rotatable bonds is 48. The third-order valence-corrected chi connectivity index (χ3v) is 12.0. The number of amides is 1. The summed E-state index contributed by atoms with van der Waals surface area (Å²) in [6.45, 7) is 4.87. The van der Waals surface area contributed by atoms with Crippen LogP contribution in [0.15, 0.2) is 24.3 Å². The molecule has 0 saturated carbocycles. The number of hydrogen-bond donors (Lipinski definition) is 3. The summed E-state index contributed by atoms with van der Waals surface area (Å²) in [5.41, 5.74) is 0. The van der Waals surface area contributed by atoms with Crippen molar-refractivity contribution in [3.8, 4) is 0 Å². The Morgan fingerprint density at radius 2 is 0.814 bits per heavy atom. The van der Waals surface area contributed by atoms with Gasteiger partial charge < -0.3 is 20.3 Å². The number of allylic oxidation sites excluding steroid dienone is 4. The van der Waals surface area contributed by atoms with Gasteiger partial charge in [0, 0.05) is 12.8 Å². The van der Waals surface area contributed by atoms with Gasteiger partial charge in [-0.15, -0.1) is 0 Å². The first kappa shape index (κ1) is 57.3. The van der Waals surface area contributed by atoms with Crippen molar-refractivity contribution in [3.05, 3.63) is 24.3 Å². The van der Waals surface area contributed by atoms with Crippen LogP contribution >= 0.6 is 0 Å². The van der Waals surface area contributed by atoms with Crippen molar-refractivity contribution in [2.24, 2.45) is 0 Å². The van der Waals surface area contributed by atoms with Gasteiger partial charge in [0.2, 0.25) is 5.91 Å². The van der Waals surface area contributed by atoms with E-state index in [-0.39, 0.29) is 18.5 Å². The molecule has 0 heterocycles. The first-order valence-corrected chi connectivity index (χ1v) is 26.1. The lowest BCUT2D eigenvalue weighted by Crippen LogP contribution is -2.45. The number of aliphatic hydroxyl groups is 2. The second-order valence-corrected chi connectivity index (χ2v) is 17.8. The van der Waals surface area contributed by atoms with Crippen LogP contribution in [-0.2, 0) is 14.3 Å². The van der Waals surface area contributed by atoms with Crippen molar-refractivity contribution in [2.75, 3.05) is 13.2 Å². The van der Waals surface area contributed by atoms with Gasteiger partial charge in [-0.25, -0.2) is 0 Å². The van der Waals surface area contributed by atoms with Crippen molar-refractivity contribution in [1.29, 1.82) is 0 Å². The molecule has 0 bridgehead atoms. The molecule has 1 amide bonds. The highest BCUT2D eigenvalue weighted by molar-refractivity contribution is 5.76. The molecule has 6 nitrogen and oxygen atoms in total. The van der Waals surface area contributed by atoms with E-state index >= 15 is 0 Å².